The summed E-state index contributed by atoms with van der Waals surface area (Å²) in [5, 5.41) is 21.2. The summed E-state index contributed by atoms with van der Waals surface area (Å²) in [6.45, 7) is 5.01. The first-order valence-corrected chi connectivity index (χ1v) is 7.42. The molecule has 118 valence electrons. The molecule has 6 heteroatoms. The van der Waals surface area contributed by atoms with Gasteiger partial charge in [0, 0.05) is 30.9 Å². The van der Waals surface area contributed by atoms with Crippen molar-refractivity contribution in [1.29, 1.82) is 0 Å². The van der Waals surface area contributed by atoms with Gasteiger partial charge in [-0.25, -0.2) is 4.98 Å². The predicted octanol–water partition coefficient (Wildman–Crippen LogP) is 0.893. The first-order valence-electron chi connectivity index (χ1n) is 7.42. The van der Waals surface area contributed by atoms with Gasteiger partial charge in [0.2, 0.25) is 0 Å². The number of hydrogen-bond donors (Lipinski definition) is 3. The van der Waals surface area contributed by atoms with Crippen LogP contribution < -0.4 is 5.32 Å². The number of carbonyl (C=O) groups is 1. The minimum absolute atomic E-state index is 0.127. The molecular weight excluding hydrogens is 270 g/mol. The summed E-state index contributed by atoms with van der Waals surface area (Å²) in [4.78, 5) is 18.4. The summed E-state index contributed by atoms with van der Waals surface area (Å²) in [7, 11) is 0. The summed E-state index contributed by atoms with van der Waals surface area (Å²) in [5.74, 6) is 0.488. The van der Waals surface area contributed by atoms with Gasteiger partial charge in [-0.05, 0) is 25.0 Å². The van der Waals surface area contributed by atoms with Crippen LogP contribution in [-0.4, -0.2) is 58.9 Å². The van der Waals surface area contributed by atoms with E-state index in [1.165, 1.54) is 4.90 Å². The molecule has 0 aliphatic rings. The molecule has 0 unspecified atom stereocenters. The van der Waals surface area contributed by atoms with Gasteiger partial charge in [-0.1, -0.05) is 13.8 Å². The molecule has 1 aromatic rings. The third-order valence-electron chi connectivity index (χ3n) is 3.07. The van der Waals surface area contributed by atoms with Crippen molar-refractivity contribution >= 4 is 11.7 Å². The maximum Gasteiger partial charge on any atom is 0.254 e. The molecule has 0 aliphatic carbocycles. The Kier molecular flexibility index (Phi) is 7.71. The van der Waals surface area contributed by atoms with Crippen molar-refractivity contribution in [2.75, 3.05) is 38.2 Å². The highest BCUT2D eigenvalue weighted by Crippen LogP contribution is 2.14. The first-order chi connectivity index (χ1) is 10.2. The van der Waals surface area contributed by atoms with Crippen molar-refractivity contribution in [3.05, 3.63) is 23.4 Å². The zero-order valence-electron chi connectivity index (χ0n) is 12.8. The fraction of sp³-hybridized carbons (Fsp3) is 0.600. The Morgan fingerprint density at radius 1 is 1.24 bits per heavy atom. The van der Waals surface area contributed by atoms with E-state index in [4.69, 9.17) is 10.2 Å². The molecule has 0 bridgehead atoms. The van der Waals surface area contributed by atoms with Crippen molar-refractivity contribution in [1.82, 2.24) is 9.88 Å². The molecule has 1 amide bonds. The number of rotatable bonds is 9. The third-order valence-corrected chi connectivity index (χ3v) is 3.07. The highest BCUT2D eigenvalue weighted by atomic mass is 16.3. The molecule has 0 saturated carbocycles. The number of nitrogens with one attached hydrogen (secondary N) is 1. The summed E-state index contributed by atoms with van der Waals surface area (Å²) in [6.07, 6.45) is 1.71. The molecule has 1 rings (SSSR count). The number of aliphatic hydroxyl groups excluding tert-OH is 2. The van der Waals surface area contributed by atoms with Gasteiger partial charge in [-0.2, -0.15) is 0 Å². The normalized spacial score (nSPS) is 10.5. The van der Waals surface area contributed by atoms with Crippen LogP contribution in [0, 0.1) is 0 Å². The number of aromatic nitrogens is 1. The Bertz CT molecular complexity index is 446. The average molecular weight is 295 g/mol. The van der Waals surface area contributed by atoms with Crippen molar-refractivity contribution in [2.24, 2.45) is 0 Å². The lowest BCUT2D eigenvalue weighted by Gasteiger charge is -2.21. The highest BCUT2D eigenvalue weighted by molar-refractivity contribution is 5.95. The number of amides is 1. The van der Waals surface area contributed by atoms with Crippen LogP contribution in [0.2, 0.25) is 0 Å². The number of aryl methyl sites for hydroxylation is 1. The van der Waals surface area contributed by atoms with Gasteiger partial charge in [-0.15, -0.1) is 0 Å². The highest BCUT2D eigenvalue weighted by Gasteiger charge is 2.16. The molecule has 0 spiro atoms. The van der Waals surface area contributed by atoms with Gasteiger partial charge in [0.05, 0.1) is 13.2 Å². The molecular formula is C15H25N3O3. The van der Waals surface area contributed by atoms with Gasteiger partial charge in [-0.3, -0.25) is 4.79 Å². The van der Waals surface area contributed by atoms with Crippen LogP contribution in [0.4, 0.5) is 5.82 Å². The van der Waals surface area contributed by atoms with Crippen LogP contribution in [0.15, 0.2) is 12.1 Å². The van der Waals surface area contributed by atoms with Crippen LogP contribution in [0.25, 0.3) is 0 Å². The van der Waals surface area contributed by atoms with Crippen molar-refractivity contribution < 1.29 is 15.0 Å². The Morgan fingerprint density at radius 3 is 2.43 bits per heavy atom. The molecule has 21 heavy (non-hydrogen) atoms. The maximum absolute atomic E-state index is 12.5. The van der Waals surface area contributed by atoms with E-state index in [-0.39, 0.29) is 32.2 Å². The number of pyridine rings is 1. The standard InChI is InChI=1S/C15H25N3O3/c1-3-5-16-14-11-12(10-13(4-2)17-14)15(21)18(6-8-19)7-9-20/h10-11,19-20H,3-9H2,1-2H3,(H,16,17). The summed E-state index contributed by atoms with van der Waals surface area (Å²) < 4.78 is 0. The molecule has 0 aliphatic heterocycles. The summed E-state index contributed by atoms with van der Waals surface area (Å²) in [6, 6.07) is 3.49. The molecule has 0 atom stereocenters. The van der Waals surface area contributed by atoms with Crippen LogP contribution in [0.5, 0.6) is 0 Å². The van der Waals surface area contributed by atoms with E-state index >= 15 is 0 Å². The maximum atomic E-state index is 12.5. The SMILES string of the molecule is CCCNc1cc(C(=O)N(CCO)CCO)cc(CC)n1. The third kappa shape index (κ3) is 5.32. The van der Waals surface area contributed by atoms with Crippen LogP contribution in [0.3, 0.4) is 0 Å². The number of aliphatic hydroxyl groups is 2. The number of hydrogen-bond acceptors (Lipinski definition) is 5. The Hall–Kier alpha value is -1.66. The van der Waals surface area contributed by atoms with Gasteiger partial charge in [0.1, 0.15) is 5.82 Å². The molecule has 1 heterocycles. The lowest BCUT2D eigenvalue weighted by molar-refractivity contribution is 0.0684. The quantitative estimate of drug-likeness (QED) is 0.630. The van der Waals surface area contributed by atoms with E-state index in [2.05, 4.69) is 17.2 Å². The molecule has 3 N–H and O–H groups in total. The molecule has 0 radical (unpaired) electrons. The molecule has 0 saturated heterocycles. The van der Waals surface area contributed by atoms with Crippen molar-refractivity contribution in [3.63, 3.8) is 0 Å². The average Bonchev–Trinajstić information content (AvgIpc) is 2.51. The molecule has 6 nitrogen and oxygen atoms in total. The fourth-order valence-corrected chi connectivity index (χ4v) is 1.97. The largest absolute Gasteiger partial charge is 0.395 e. The Labute approximate surface area is 125 Å². The zero-order valence-corrected chi connectivity index (χ0v) is 12.8. The van der Waals surface area contributed by atoms with E-state index < -0.39 is 0 Å². The predicted molar refractivity (Wildman–Crippen MR) is 82.5 cm³/mol. The second kappa shape index (κ2) is 9.31. The van der Waals surface area contributed by atoms with Crippen LogP contribution >= 0.6 is 0 Å². The molecule has 0 aromatic carbocycles. The van der Waals surface area contributed by atoms with Crippen molar-refractivity contribution in [3.8, 4) is 0 Å². The van der Waals surface area contributed by atoms with E-state index in [0.717, 1.165) is 25.1 Å². The van der Waals surface area contributed by atoms with Gasteiger partial charge >= 0.3 is 0 Å². The Morgan fingerprint density at radius 2 is 1.90 bits per heavy atom. The number of carbonyl (C=O) groups excluding carboxylic acids is 1. The first kappa shape index (κ1) is 17.4. The second-order valence-electron chi connectivity index (χ2n) is 4.75. The van der Waals surface area contributed by atoms with Crippen LogP contribution in [-0.2, 0) is 6.42 Å². The monoisotopic (exact) mass is 295 g/mol. The number of anilines is 1. The lowest BCUT2D eigenvalue weighted by Crippen LogP contribution is -2.36. The zero-order chi connectivity index (χ0) is 15.7. The van der Waals surface area contributed by atoms with Gasteiger partial charge in [0.25, 0.3) is 5.91 Å². The minimum atomic E-state index is -0.199. The smallest absolute Gasteiger partial charge is 0.254 e. The summed E-state index contributed by atoms with van der Waals surface area (Å²) >= 11 is 0. The lowest BCUT2D eigenvalue weighted by atomic mass is 10.1. The molecule has 0 fully saturated rings. The Balaban J connectivity index is 2.99. The van der Waals surface area contributed by atoms with Crippen molar-refractivity contribution in [2.45, 2.75) is 26.7 Å². The number of nitrogens with zero attached hydrogens (tertiary/aromatic N) is 2. The molecule has 1 aromatic heterocycles. The second-order valence-corrected chi connectivity index (χ2v) is 4.75. The van der Waals surface area contributed by atoms with Gasteiger partial charge in [0.15, 0.2) is 0 Å². The van der Waals surface area contributed by atoms with E-state index in [9.17, 15) is 4.79 Å². The van der Waals surface area contributed by atoms with Crippen LogP contribution in [0.1, 0.15) is 36.3 Å². The fourth-order valence-electron chi connectivity index (χ4n) is 1.97. The summed E-state index contributed by atoms with van der Waals surface area (Å²) in [5.41, 5.74) is 1.37. The van der Waals surface area contributed by atoms with Gasteiger partial charge < -0.3 is 20.4 Å². The topological polar surface area (TPSA) is 85.7 Å². The minimum Gasteiger partial charge on any atom is -0.395 e. The van der Waals surface area contributed by atoms with E-state index in [1.807, 2.05) is 6.92 Å². The van der Waals surface area contributed by atoms with E-state index in [1.54, 1.807) is 12.1 Å². The van der Waals surface area contributed by atoms with E-state index in [0.29, 0.717) is 11.4 Å².